The zero-order valence-electron chi connectivity index (χ0n) is 17.1. The third-order valence-electron chi connectivity index (χ3n) is 4.36. The number of hydrogen-bond acceptors (Lipinski definition) is 7. The minimum Gasteiger partial charge on any atom is -0.451 e. The quantitative estimate of drug-likeness (QED) is 0.343. The third-order valence-corrected chi connectivity index (χ3v) is 4.36. The van der Waals surface area contributed by atoms with Crippen LogP contribution in [0.3, 0.4) is 0 Å². The summed E-state index contributed by atoms with van der Waals surface area (Å²) in [7, 11) is 0. The molecule has 8 nitrogen and oxygen atoms in total. The molecule has 0 unspecified atom stereocenters. The lowest BCUT2D eigenvalue weighted by molar-refractivity contribution is -0.137. The second-order valence-electron chi connectivity index (χ2n) is 6.75. The number of ketones is 1. The Balaban J connectivity index is 1.98. The number of ether oxygens (including phenoxy) is 1. The van der Waals surface area contributed by atoms with E-state index >= 15 is 0 Å². The smallest absolute Gasteiger partial charge is 0.416 e. The zero-order chi connectivity index (χ0) is 24.2. The average molecular weight is 455 g/mol. The molecule has 0 bridgehead atoms. The number of hydrogen-bond donors (Lipinski definition) is 1. The van der Waals surface area contributed by atoms with Gasteiger partial charge in [-0.2, -0.15) is 18.4 Å². The number of nitrogens with two attached hydrogens (primary N) is 1. The number of nitriles is 1. The van der Waals surface area contributed by atoms with Crippen molar-refractivity contribution >= 4 is 11.8 Å². The van der Waals surface area contributed by atoms with Gasteiger partial charge in [0.25, 0.3) is 5.82 Å². The van der Waals surface area contributed by atoms with Gasteiger partial charge >= 0.3 is 12.1 Å². The van der Waals surface area contributed by atoms with E-state index < -0.39 is 35.9 Å². The van der Waals surface area contributed by atoms with Crippen molar-refractivity contribution in [2.24, 2.45) is 5.73 Å². The number of halogens is 3. The van der Waals surface area contributed by atoms with E-state index in [0.29, 0.717) is 5.56 Å². The van der Waals surface area contributed by atoms with Gasteiger partial charge in [0.15, 0.2) is 12.4 Å². The van der Waals surface area contributed by atoms with Crippen LogP contribution < -0.4 is 5.73 Å². The van der Waals surface area contributed by atoms with Crippen LogP contribution in [0.1, 0.15) is 23.1 Å². The monoisotopic (exact) mass is 455 g/mol. The first-order chi connectivity index (χ1) is 15.6. The Bertz CT molecular complexity index is 1270. The van der Waals surface area contributed by atoms with Crippen LogP contribution in [0.2, 0.25) is 0 Å². The van der Waals surface area contributed by atoms with Crippen molar-refractivity contribution in [3.05, 3.63) is 77.3 Å². The normalized spacial score (nSPS) is 12.0. The summed E-state index contributed by atoms with van der Waals surface area (Å²) in [5.41, 5.74) is 4.65. The van der Waals surface area contributed by atoms with Crippen LogP contribution in [0.4, 0.5) is 13.2 Å². The maximum Gasteiger partial charge on any atom is 0.416 e. The van der Waals surface area contributed by atoms with Gasteiger partial charge in [0.05, 0.1) is 11.3 Å². The lowest BCUT2D eigenvalue weighted by Crippen LogP contribution is -2.18. The first kappa shape index (κ1) is 23.2. The molecular formula is C22H16F3N5O3. The van der Waals surface area contributed by atoms with E-state index in [0.717, 1.165) is 16.8 Å². The number of alkyl halides is 3. The summed E-state index contributed by atoms with van der Waals surface area (Å²) in [6, 6.07) is 14.4. The second-order valence-corrected chi connectivity index (χ2v) is 6.75. The second kappa shape index (κ2) is 9.35. The van der Waals surface area contributed by atoms with Gasteiger partial charge in [-0.1, -0.05) is 36.4 Å². The maximum absolute atomic E-state index is 13.2. The van der Waals surface area contributed by atoms with Gasteiger partial charge in [-0.15, -0.1) is 5.10 Å². The molecule has 3 rings (SSSR count). The first-order valence-electron chi connectivity index (χ1n) is 9.38. The minimum absolute atomic E-state index is 0.0137. The Morgan fingerprint density at radius 3 is 2.45 bits per heavy atom. The van der Waals surface area contributed by atoms with Gasteiger partial charge in [0.2, 0.25) is 5.78 Å². The molecule has 1 heterocycles. The molecular weight excluding hydrogens is 439 g/mol. The SMILES string of the molecule is C/C(N)=C(\C#N)C(=O)COC(=O)c1nc(-c2ccccc2)n(-c2cccc(C(F)(F)F)c2)n1. The lowest BCUT2D eigenvalue weighted by atomic mass is 10.1. The van der Waals surface area contributed by atoms with Crippen LogP contribution in [0.25, 0.3) is 17.1 Å². The molecule has 0 aliphatic rings. The van der Waals surface area contributed by atoms with Crippen LogP contribution in [-0.4, -0.2) is 33.1 Å². The number of benzene rings is 2. The number of nitrogens with zero attached hydrogens (tertiary/aromatic N) is 4. The fourth-order valence-corrected chi connectivity index (χ4v) is 2.80. The van der Waals surface area contributed by atoms with E-state index in [1.165, 1.54) is 19.1 Å². The van der Waals surface area contributed by atoms with Gasteiger partial charge in [-0.3, -0.25) is 4.79 Å². The molecule has 0 aliphatic carbocycles. The van der Waals surface area contributed by atoms with E-state index in [4.69, 9.17) is 15.7 Å². The highest BCUT2D eigenvalue weighted by atomic mass is 19.4. The number of rotatable bonds is 6. The van der Waals surface area contributed by atoms with Crippen molar-refractivity contribution in [1.82, 2.24) is 14.8 Å². The number of carbonyl (C=O) groups excluding carboxylic acids is 2. The van der Waals surface area contributed by atoms with Crippen LogP contribution in [0, 0.1) is 11.3 Å². The van der Waals surface area contributed by atoms with E-state index in [-0.39, 0.29) is 22.8 Å². The molecule has 0 saturated carbocycles. The molecule has 0 amide bonds. The minimum atomic E-state index is -4.58. The van der Waals surface area contributed by atoms with Crippen LogP contribution in [0.15, 0.2) is 65.9 Å². The summed E-state index contributed by atoms with van der Waals surface area (Å²) in [5.74, 6) is -2.31. The molecule has 11 heteroatoms. The molecule has 0 spiro atoms. The van der Waals surface area contributed by atoms with Gasteiger partial charge < -0.3 is 10.5 Å². The van der Waals surface area contributed by atoms with E-state index in [2.05, 4.69) is 10.1 Å². The van der Waals surface area contributed by atoms with Gasteiger partial charge in [-0.05, 0) is 25.1 Å². The van der Waals surface area contributed by atoms with Gasteiger partial charge in [0.1, 0.15) is 11.6 Å². The van der Waals surface area contributed by atoms with Crippen molar-refractivity contribution in [2.45, 2.75) is 13.1 Å². The highest BCUT2D eigenvalue weighted by Crippen LogP contribution is 2.31. The summed E-state index contributed by atoms with van der Waals surface area (Å²) >= 11 is 0. The standard InChI is InChI=1S/C22H16F3N5O3/c1-13(27)17(11-26)18(31)12-33-21(32)19-28-20(14-6-3-2-4-7-14)30(29-19)16-9-5-8-15(10-16)22(23,24)25/h2-10H,12,27H2,1H3/b17-13-. The molecule has 0 atom stereocenters. The number of carbonyl (C=O) groups is 2. The molecule has 2 aromatic carbocycles. The lowest BCUT2D eigenvalue weighted by Gasteiger charge is -2.10. The summed E-state index contributed by atoms with van der Waals surface area (Å²) in [4.78, 5) is 28.6. The van der Waals surface area contributed by atoms with E-state index in [1.54, 1.807) is 36.4 Å². The van der Waals surface area contributed by atoms with Crippen molar-refractivity contribution in [1.29, 1.82) is 5.26 Å². The Hall–Kier alpha value is -4.46. The Labute approximate surface area is 185 Å². The maximum atomic E-state index is 13.2. The summed E-state index contributed by atoms with van der Waals surface area (Å²) in [5, 5.41) is 13.0. The third kappa shape index (κ3) is 5.24. The predicted octanol–water partition coefficient (Wildman–Crippen LogP) is 3.44. The number of allylic oxidation sites excluding steroid dienone is 1. The molecule has 0 saturated heterocycles. The Morgan fingerprint density at radius 2 is 1.85 bits per heavy atom. The van der Waals surface area contributed by atoms with Gasteiger partial charge in [0, 0.05) is 11.3 Å². The van der Waals surface area contributed by atoms with Crippen molar-refractivity contribution in [3.63, 3.8) is 0 Å². The molecule has 0 aliphatic heterocycles. The van der Waals surface area contributed by atoms with E-state index in [9.17, 15) is 22.8 Å². The molecule has 0 radical (unpaired) electrons. The predicted molar refractivity (Wildman–Crippen MR) is 110 cm³/mol. The fraction of sp³-hybridized carbons (Fsp3) is 0.136. The first-order valence-corrected chi connectivity index (χ1v) is 9.38. The highest BCUT2D eigenvalue weighted by Gasteiger charge is 2.31. The number of aromatic nitrogens is 3. The number of Topliss-reactive ketones (excluding diaryl/α,β-unsaturated/α-hetero) is 1. The van der Waals surface area contributed by atoms with Crippen molar-refractivity contribution < 1.29 is 27.5 Å². The van der Waals surface area contributed by atoms with E-state index in [1.807, 2.05) is 0 Å². The van der Waals surface area contributed by atoms with Crippen LogP contribution >= 0.6 is 0 Å². The summed E-state index contributed by atoms with van der Waals surface area (Å²) in [6.45, 7) is 0.567. The van der Waals surface area contributed by atoms with Crippen molar-refractivity contribution in [2.75, 3.05) is 6.61 Å². The molecule has 2 N–H and O–H groups in total. The fourth-order valence-electron chi connectivity index (χ4n) is 2.80. The van der Waals surface area contributed by atoms with Gasteiger partial charge in [-0.25, -0.2) is 14.5 Å². The van der Waals surface area contributed by atoms with Crippen LogP contribution in [0.5, 0.6) is 0 Å². The topological polar surface area (TPSA) is 124 Å². The molecule has 33 heavy (non-hydrogen) atoms. The van der Waals surface area contributed by atoms with Crippen LogP contribution in [-0.2, 0) is 15.7 Å². The Kier molecular flexibility index (Phi) is 6.58. The molecule has 168 valence electrons. The molecule has 0 fully saturated rings. The zero-order valence-corrected chi connectivity index (χ0v) is 17.1. The summed E-state index contributed by atoms with van der Waals surface area (Å²) < 4.78 is 45.5. The average Bonchev–Trinajstić information content (AvgIpc) is 3.23. The van der Waals surface area contributed by atoms with Crippen molar-refractivity contribution in [3.8, 4) is 23.1 Å². The summed E-state index contributed by atoms with van der Waals surface area (Å²) in [6.07, 6.45) is -4.58. The molecule has 1 aromatic heterocycles. The largest absolute Gasteiger partial charge is 0.451 e. The number of esters is 1. The highest BCUT2D eigenvalue weighted by molar-refractivity contribution is 6.01. The molecule has 3 aromatic rings. The Morgan fingerprint density at radius 1 is 1.15 bits per heavy atom.